The van der Waals surface area contributed by atoms with E-state index in [0.717, 1.165) is 25.5 Å². The zero-order valence-corrected chi connectivity index (χ0v) is 11.2. The number of nitrogens with zero attached hydrogens (tertiary/aromatic N) is 2. The number of benzene rings is 1. The average Bonchev–Trinajstić information content (AvgIpc) is 2.77. The van der Waals surface area contributed by atoms with Crippen LogP contribution in [-0.2, 0) is 6.54 Å². The molecule has 1 N–H and O–H groups in total. The maximum Gasteiger partial charge on any atom is 0.305 e. The number of hydrogen-bond acceptors (Lipinski definition) is 4. The van der Waals surface area contributed by atoms with Crippen molar-refractivity contribution in [2.24, 2.45) is 0 Å². The molecule has 1 fully saturated rings. The van der Waals surface area contributed by atoms with Crippen LogP contribution in [0, 0.1) is 21.7 Å². The van der Waals surface area contributed by atoms with Gasteiger partial charge in [-0.3, -0.25) is 10.1 Å². The molecule has 1 aromatic carbocycles. The summed E-state index contributed by atoms with van der Waals surface area (Å²) in [5.41, 5.74) is -0.583. The molecule has 1 aliphatic heterocycles. The monoisotopic (exact) mass is 285 g/mol. The molecule has 0 spiro atoms. The molecular formula is C13H17F2N3O2. The molecule has 2 rings (SSSR count). The molecule has 5 nitrogen and oxygen atoms in total. The van der Waals surface area contributed by atoms with Crippen LogP contribution in [0.4, 0.5) is 14.5 Å². The smallest absolute Gasteiger partial charge is 0.305 e. The lowest BCUT2D eigenvalue weighted by atomic mass is 10.1. The van der Waals surface area contributed by atoms with Gasteiger partial charge in [0, 0.05) is 36.8 Å². The Morgan fingerprint density at radius 1 is 1.45 bits per heavy atom. The van der Waals surface area contributed by atoms with Crippen LogP contribution in [0.25, 0.3) is 0 Å². The second-order valence-corrected chi connectivity index (χ2v) is 5.06. The van der Waals surface area contributed by atoms with Gasteiger partial charge in [0.2, 0.25) is 5.82 Å². The molecule has 0 saturated carbocycles. The fourth-order valence-corrected chi connectivity index (χ4v) is 2.47. The third-order valence-corrected chi connectivity index (χ3v) is 3.68. The van der Waals surface area contributed by atoms with Crippen molar-refractivity contribution >= 4 is 5.69 Å². The van der Waals surface area contributed by atoms with Crippen molar-refractivity contribution in [3.8, 4) is 0 Å². The zero-order chi connectivity index (χ0) is 14.7. The van der Waals surface area contributed by atoms with Crippen LogP contribution in [0.3, 0.4) is 0 Å². The van der Waals surface area contributed by atoms with E-state index >= 15 is 0 Å². The van der Waals surface area contributed by atoms with E-state index in [4.69, 9.17) is 0 Å². The molecule has 0 bridgehead atoms. The molecule has 0 aromatic heterocycles. The molecule has 110 valence electrons. The lowest BCUT2D eigenvalue weighted by Crippen LogP contribution is -2.35. The Kier molecular flexibility index (Phi) is 4.61. The van der Waals surface area contributed by atoms with Crippen LogP contribution in [0.2, 0.25) is 0 Å². The summed E-state index contributed by atoms with van der Waals surface area (Å²) in [6.07, 6.45) is 2.22. The van der Waals surface area contributed by atoms with Crippen molar-refractivity contribution in [1.82, 2.24) is 10.2 Å². The number of likely N-dealkylation sites (N-methyl/N-ethyl adjacent to an activating group) is 1. The van der Waals surface area contributed by atoms with Gasteiger partial charge < -0.3 is 10.2 Å². The van der Waals surface area contributed by atoms with Crippen LogP contribution >= 0.6 is 0 Å². The minimum Gasteiger partial charge on any atom is -0.311 e. The molecule has 7 heteroatoms. The number of halogens is 2. The number of hydrogen-bond donors (Lipinski definition) is 1. The fraction of sp³-hybridized carbons (Fsp3) is 0.538. The second kappa shape index (κ2) is 6.23. The lowest BCUT2D eigenvalue weighted by molar-refractivity contribution is -0.387. The minimum atomic E-state index is -1.15. The Morgan fingerprint density at radius 3 is 2.80 bits per heavy atom. The highest BCUT2D eigenvalue weighted by Gasteiger charge is 2.21. The normalized spacial score (nSPS) is 19.4. The van der Waals surface area contributed by atoms with Crippen molar-refractivity contribution in [2.75, 3.05) is 20.1 Å². The van der Waals surface area contributed by atoms with Crippen LogP contribution in [0.1, 0.15) is 18.4 Å². The van der Waals surface area contributed by atoms with Crippen LogP contribution in [0.15, 0.2) is 12.1 Å². The molecule has 1 aromatic rings. The fourth-order valence-electron chi connectivity index (χ4n) is 2.47. The molecule has 1 atom stereocenters. The van der Waals surface area contributed by atoms with E-state index in [0.29, 0.717) is 18.7 Å². The van der Waals surface area contributed by atoms with Crippen LogP contribution < -0.4 is 5.32 Å². The zero-order valence-electron chi connectivity index (χ0n) is 11.2. The van der Waals surface area contributed by atoms with Gasteiger partial charge in [0.1, 0.15) is 5.82 Å². The molecule has 1 saturated heterocycles. The number of nitro benzene ring substituents is 1. The Labute approximate surface area is 115 Å². The van der Waals surface area contributed by atoms with E-state index in [9.17, 15) is 18.9 Å². The molecule has 0 aliphatic carbocycles. The van der Waals surface area contributed by atoms with Crippen molar-refractivity contribution < 1.29 is 13.7 Å². The Bertz CT molecular complexity index is 511. The second-order valence-electron chi connectivity index (χ2n) is 5.06. The molecule has 0 radical (unpaired) electrons. The van der Waals surface area contributed by atoms with E-state index in [2.05, 4.69) is 10.2 Å². The average molecular weight is 285 g/mol. The molecule has 0 amide bonds. The Morgan fingerprint density at radius 2 is 2.20 bits per heavy atom. The lowest BCUT2D eigenvalue weighted by Gasteiger charge is -2.19. The van der Waals surface area contributed by atoms with E-state index < -0.39 is 22.2 Å². The van der Waals surface area contributed by atoms with E-state index in [1.54, 1.807) is 0 Å². The molecular weight excluding hydrogens is 268 g/mol. The summed E-state index contributed by atoms with van der Waals surface area (Å²) in [7, 11) is 2.03. The summed E-state index contributed by atoms with van der Waals surface area (Å²) < 4.78 is 26.7. The summed E-state index contributed by atoms with van der Waals surface area (Å²) in [6, 6.07) is 1.92. The van der Waals surface area contributed by atoms with Gasteiger partial charge in [-0.25, -0.2) is 4.39 Å². The SMILES string of the molecule is CN1CCCC1CNCc1cc([N+](=O)[O-])c(F)cc1F. The molecule has 20 heavy (non-hydrogen) atoms. The van der Waals surface area contributed by atoms with Gasteiger partial charge in [0.25, 0.3) is 0 Å². The minimum absolute atomic E-state index is 0.110. The first-order chi connectivity index (χ1) is 9.49. The van der Waals surface area contributed by atoms with Gasteiger partial charge in [0.15, 0.2) is 0 Å². The maximum atomic E-state index is 13.6. The molecule has 1 heterocycles. The predicted molar refractivity (Wildman–Crippen MR) is 70.4 cm³/mol. The van der Waals surface area contributed by atoms with Crippen LogP contribution in [0.5, 0.6) is 0 Å². The van der Waals surface area contributed by atoms with Gasteiger partial charge >= 0.3 is 5.69 Å². The van der Waals surface area contributed by atoms with Gasteiger partial charge in [-0.1, -0.05) is 0 Å². The number of likely N-dealkylation sites (tertiary alicyclic amines) is 1. The third-order valence-electron chi connectivity index (χ3n) is 3.68. The van der Waals surface area contributed by atoms with Gasteiger partial charge in [-0.2, -0.15) is 4.39 Å². The maximum absolute atomic E-state index is 13.6. The Balaban J connectivity index is 1.98. The number of rotatable bonds is 5. The summed E-state index contributed by atoms with van der Waals surface area (Å²) in [4.78, 5) is 12.0. The van der Waals surface area contributed by atoms with Crippen molar-refractivity contribution in [1.29, 1.82) is 0 Å². The van der Waals surface area contributed by atoms with Gasteiger partial charge in [-0.15, -0.1) is 0 Å². The highest BCUT2D eigenvalue weighted by atomic mass is 19.1. The third kappa shape index (κ3) is 3.29. The quantitative estimate of drug-likeness (QED) is 0.664. The summed E-state index contributed by atoms with van der Waals surface area (Å²) in [5.74, 6) is -1.91. The van der Waals surface area contributed by atoms with Crippen molar-refractivity contribution in [3.63, 3.8) is 0 Å². The first-order valence-corrected chi connectivity index (χ1v) is 6.52. The van der Waals surface area contributed by atoms with E-state index in [1.807, 2.05) is 7.05 Å². The first-order valence-electron chi connectivity index (χ1n) is 6.52. The molecule has 1 unspecified atom stereocenters. The number of nitrogens with one attached hydrogen (secondary N) is 1. The topological polar surface area (TPSA) is 58.4 Å². The van der Waals surface area contributed by atoms with Crippen molar-refractivity contribution in [2.45, 2.75) is 25.4 Å². The van der Waals surface area contributed by atoms with Gasteiger partial charge in [0.05, 0.1) is 4.92 Å². The largest absolute Gasteiger partial charge is 0.311 e. The summed E-state index contributed by atoms with van der Waals surface area (Å²) >= 11 is 0. The van der Waals surface area contributed by atoms with Crippen molar-refractivity contribution in [3.05, 3.63) is 39.4 Å². The summed E-state index contributed by atoms with van der Waals surface area (Å²) in [5, 5.41) is 13.7. The highest BCUT2D eigenvalue weighted by molar-refractivity contribution is 5.37. The summed E-state index contributed by atoms with van der Waals surface area (Å²) in [6.45, 7) is 1.88. The van der Waals surface area contributed by atoms with E-state index in [-0.39, 0.29) is 12.1 Å². The highest BCUT2D eigenvalue weighted by Crippen LogP contribution is 2.21. The van der Waals surface area contributed by atoms with Gasteiger partial charge in [-0.05, 0) is 26.4 Å². The van der Waals surface area contributed by atoms with Crippen LogP contribution in [-0.4, -0.2) is 36.0 Å². The predicted octanol–water partition coefficient (Wildman–Crippen LogP) is 2.06. The molecule has 1 aliphatic rings. The first kappa shape index (κ1) is 14.8. The Hall–Kier alpha value is -1.60. The number of nitro groups is 1. The standard InChI is InChI=1S/C13H17F2N3O2/c1-17-4-2-3-10(17)8-16-7-9-5-13(18(19)20)12(15)6-11(9)14/h5-6,10,16H,2-4,7-8H2,1H3. The van der Waals surface area contributed by atoms with E-state index in [1.165, 1.54) is 0 Å².